The molecule has 0 atom stereocenters. The average molecular weight is 572 g/mol. The lowest BCUT2D eigenvalue weighted by molar-refractivity contribution is 0.586. The van der Waals surface area contributed by atoms with Crippen LogP contribution in [0.3, 0.4) is 0 Å². The lowest BCUT2D eigenvalue weighted by atomic mass is 10.0. The molecule has 6 rings (SSSR count). The number of anilines is 1. The number of rotatable bonds is 8. The third kappa shape index (κ3) is 5.62. The standard InChI is InChI=1S/C28H26FN9O2S/c1-15(2)33-20-11-18(13-30-14-20)22-4-5-23-25(34-22)26(38-37-23)28-35-24-21(6-7-31-27(24)36-28)17-8-16(9-19(29)10-17)12-32-41(3,39)40/h4-11,13-15,32-33H,12H2,1-3H3,(H,37,38)(H,31,35,36). The molecule has 0 fully saturated rings. The van der Waals surface area contributed by atoms with E-state index in [1.54, 1.807) is 30.7 Å². The molecule has 0 saturated heterocycles. The monoisotopic (exact) mass is 571 g/mol. The zero-order valence-corrected chi connectivity index (χ0v) is 23.2. The van der Waals surface area contributed by atoms with Crippen LogP contribution in [0.1, 0.15) is 19.4 Å². The molecular formula is C28H26FN9O2S. The summed E-state index contributed by atoms with van der Waals surface area (Å²) in [4.78, 5) is 21.6. The highest BCUT2D eigenvalue weighted by Crippen LogP contribution is 2.32. The molecule has 4 N–H and O–H groups in total. The quantitative estimate of drug-likeness (QED) is 0.206. The van der Waals surface area contributed by atoms with E-state index in [2.05, 4.69) is 49.0 Å². The number of hydrogen-bond donors (Lipinski definition) is 4. The molecule has 41 heavy (non-hydrogen) atoms. The summed E-state index contributed by atoms with van der Waals surface area (Å²) in [5.74, 6) is -0.0507. The molecule has 0 aliphatic carbocycles. The van der Waals surface area contributed by atoms with Gasteiger partial charge in [0, 0.05) is 42.3 Å². The summed E-state index contributed by atoms with van der Waals surface area (Å²) in [6.07, 6.45) is 6.19. The molecule has 0 radical (unpaired) electrons. The normalized spacial score (nSPS) is 12.0. The molecule has 5 heterocycles. The minimum absolute atomic E-state index is 0.0388. The van der Waals surface area contributed by atoms with Gasteiger partial charge in [-0.05, 0) is 67.4 Å². The molecule has 11 nitrogen and oxygen atoms in total. The Balaban J connectivity index is 1.40. The van der Waals surface area contributed by atoms with Gasteiger partial charge in [0.25, 0.3) is 0 Å². The molecule has 0 bridgehead atoms. The number of H-pyrrole nitrogens is 2. The molecule has 1 aromatic carbocycles. The zero-order valence-electron chi connectivity index (χ0n) is 22.4. The lowest BCUT2D eigenvalue weighted by Crippen LogP contribution is -2.21. The van der Waals surface area contributed by atoms with E-state index < -0.39 is 15.8 Å². The van der Waals surface area contributed by atoms with Gasteiger partial charge >= 0.3 is 0 Å². The Kier molecular flexibility index (Phi) is 6.67. The van der Waals surface area contributed by atoms with Crippen LogP contribution >= 0.6 is 0 Å². The molecule has 0 aliphatic rings. The molecule has 6 aromatic rings. The number of hydrogen-bond acceptors (Lipinski definition) is 8. The van der Waals surface area contributed by atoms with Crippen LogP contribution in [0.2, 0.25) is 0 Å². The fourth-order valence-electron chi connectivity index (χ4n) is 4.60. The van der Waals surface area contributed by atoms with Crippen LogP contribution < -0.4 is 10.0 Å². The first-order chi connectivity index (χ1) is 19.6. The minimum Gasteiger partial charge on any atom is -0.382 e. The van der Waals surface area contributed by atoms with Crippen molar-refractivity contribution in [3.63, 3.8) is 0 Å². The number of imidazole rings is 1. The molecule has 0 amide bonds. The fourth-order valence-corrected chi connectivity index (χ4v) is 5.02. The van der Waals surface area contributed by atoms with Crippen LogP contribution in [-0.4, -0.2) is 55.8 Å². The first kappa shape index (κ1) is 26.5. The van der Waals surface area contributed by atoms with Gasteiger partial charge in [-0.3, -0.25) is 10.1 Å². The van der Waals surface area contributed by atoms with Crippen LogP contribution in [0.4, 0.5) is 10.1 Å². The van der Waals surface area contributed by atoms with Crippen LogP contribution in [0.25, 0.3) is 56.1 Å². The second kappa shape index (κ2) is 10.3. The van der Waals surface area contributed by atoms with Crippen molar-refractivity contribution >= 4 is 37.9 Å². The number of nitrogens with zero attached hydrogens (tertiary/aromatic N) is 5. The van der Waals surface area contributed by atoms with Crippen molar-refractivity contribution in [2.24, 2.45) is 0 Å². The van der Waals surface area contributed by atoms with Crippen molar-refractivity contribution in [3.05, 3.63) is 72.4 Å². The Hall–Kier alpha value is -4.75. The number of benzene rings is 1. The zero-order chi connectivity index (χ0) is 28.7. The van der Waals surface area contributed by atoms with Gasteiger partial charge in [-0.25, -0.2) is 32.5 Å². The van der Waals surface area contributed by atoms with Gasteiger partial charge in [-0.2, -0.15) is 5.10 Å². The molecule has 0 saturated carbocycles. The lowest BCUT2D eigenvalue weighted by Gasteiger charge is -2.10. The Morgan fingerprint density at radius 3 is 2.66 bits per heavy atom. The average Bonchev–Trinajstić information content (AvgIpc) is 3.54. The predicted octanol–water partition coefficient (Wildman–Crippen LogP) is 4.63. The Morgan fingerprint density at radius 1 is 1.00 bits per heavy atom. The Bertz CT molecular complexity index is 2020. The van der Waals surface area contributed by atoms with E-state index in [0.29, 0.717) is 44.9 Å². The Morgan fingerprint density at radius 2 is 1.85 bits per heavy atom. The summed E-state index contributed by atoms with van der Waals surface area (Å²) < 4.78 is 40.0. The summed E-state index contributed by atoms with van der Waals surface area (Å²) in [6, 6.07) is 12.2. The van der Waals surface area contributed by atoms with Gasteiger partial charge in [0.05, 0.1) is 23.2 Å². The largest absolute Gasteiger partial charge is 0.382 e. The van der Waals surface area contributed by atoms with E-state index in [0.717, 1.165) is 28.7 Å². The molecular weight excluding hydrogens is 545 g/mol. The molecule has 0 aliphatic heterocycles. The number of aromatic nitrogens is 7. The first-order valence-corrected chi connectivity index (χ1v) is 14.7. The number of pyridine rings is 3. The van der Waals surface area contributed by atoms with Gasteiger partial charge in [0.15, 0.2) is 17.2 Å². The van der Waals surface area contributed by atoms with Gasteiger partial charge in [0.2, 0.25) is 10.0 Å². The van der Waals surface area contributed by atoms with E-state index >= 15 is 0 Å². The maximum absolute atomic E-state index is 14.5. The minimum atomic E-state index is -3.44. The third-order valence-electron chi connectivity index (χ3n) is 6.31. The highest BCUT2D eigenvalue weighted by atomic mass is 32.2. The molecule has 13 heteroatoms. The predicted molar refractivity (Wildman–Crippen MR) is 156 cm³/mol. The topological polar surface area (TPSA) is 154 Å². The highest BCUT2D eigenvalue weighted by molar-refractivity contribution is 7.88. The van der Waals surface area contributed by atoms with Crippen molar-refractivity contribution in [2.75, 3.05) is 11.6 Å². The highest BCUT2D eigenvalue weighted by Gasteiger charge is 2.18. The molecule has 0 spiro atoms. The number of nitrogens with one attached hydrogen (secondary N) is 4. The number of aromatic amines is 2. The van der Waals surface area contributed by atoms with Crippen LogP contribution in [0.5, 0.6) is 0 Å². The summed E-state index contributed by atoms with van der Waals surface area (Å²) in [7, 11) is -3.44. The third-order valence-corrected chi connectivity index (χ3v) is 6.98. The van der Waals surface area contributed by atoms with Crippen molar-refractivity contribution < 1.29 is 12.8 Å². The summed E-state index contributed by atoms with van der Waals surface area (Å²) in [6.45, 7) is 4.08. The van der Waals surface area contributed by atoms with Crippen molar-refractivity contribution in [2.45, 2.75) is 26.4 Å². The number of halogens is 1. The summed E-state index contributed by atoms with van der Waals surface area (Å²) in [5.41, 5.74) is 6.98. The second-order valence-electron chi connectivity index (χ2n) is 10.0. The van der Waals surface area contributed by atoms with E-state index in [4.69, 9.17) is 9.97 Å². The van der Waals surface area contributed by atoms with Crippen LogP contribution in [0, 0.1) is 5.82 Å². The first-order valence-electron chi connectivity index (χ1n) is 12.8. The second-order valence-corrected chi connectivity index (χ2v) is 11.8. The van der Waals surface area contributed by atoms with Gasteiger partial charge in [0.1, 0.15) is 16.9 Å². The number of fused-ring (bicyclic) bond motifs is 2. The summed E-state index contributed by atoms with van der Waals surface area (Å²) >= 11 is 0. The molecule has 208 valence electrons. The van der Waals surface area contributed by atoms with E-state index in [1.807, 2.05) is 18.2 Å². The smallest absolute Gasteiger partial charge is 0.209 e. The van der Waals surface area contributed by atoms with E-state index in [1.165, 1.54) is 12.1 Å². The van der Waals surface area contributed by atoms with Crippen molar-refractivity contribution in [3.8, 4) is 33.9 Å². The maximum Gasteiger partial charge on any atom is 0.209 e. The SMILES string of the molecule is CC(C)Nc1cncc(-c2ccc3[nH]nc(-c4nc5c(-c6cc(F)cc(CNS(C)(=O)=O)c6)ccnc5[nH]4)c3n2)c1. The Labute approximate surface area is 234 Å². The van der Waals surface area contributed by atoms with Crippen LogP contribution in [0.15, 0.2) is 61.1 Å². The maximum atomic E-state index is 14.5. The molecule has 5 aromatic heterocycles. The fraction of sp³-hybridized carbons (Fsp3) is 0.179. The van der Waals surface area contributed by atoms with Gasteiger partial charge in [-0.15, -0.1) is 0 Å². The summed E-state index contributed by atoms with van der Waals surface area (Å²) in [5, 5.41) is 10.8. The van der Waals surface area contributed by atoms with E-state index in [9.17, 15) is 12.8 Å². The van der Waals surface area contributed by atoms with Crippen LogP contribution in [-0.2, 0) is 16.6 Å². The molecule has 0 unspecified atom stereocenters. The van der Waals surface area contributed by atoms with Gasteiger partial charge in [-0.1, -0.05) is 0 Å². The van der Waals surface area contributed by atoms with Crippen molar-refractivity contribution in [1.82, 2.24) is 39.8 Å². The number of sulfonamides is 1. The van der Waals surface area contributed by atoms with E-state index in [-0.39, 0.29) is 12.6 Å². The van der Waals surface area contributed by atoms with Crippen molar-refractivity contribution in [1.29, 1.82) is 0 Å². The van der Waals surface area contributed by atoms with Gasteiger partial charge < -0.3 is 10.3 Å².